The van der Waals surface area contributed by atoms with Crippen LogP contribution in [-0.4, -0.2) is 25.7 Å². The molecular weight excluding hydrogens is 478 g/mol. The van der Waals surface area contributed by atoms with Crippen molar-refractivity contribution < 1.29 is 14.6 Å². The van der Waals surface area contributed by atoms with Crippen LogP contribution < -0.4 is 16.0 Å². The molecule has 0 atom stereocenters. The van der Waals surface area contributed by atoms with Gasteiger partial charge in [-0.25, -0.2) is 9.97 Å². The maximum atomic E-state index is 12.6. The molecule has 0 fully saturated rings. The number of nitro groups is 2. The van der Waals surface area contributed by atoms with Gasteiger partial charge < -0.3 is 16.0 Å². The predicted molar refractivity (Wildman–Crippen MR) is 139 cm³/mol. The molecule has 4 rings (SSSR count). The number of non-ortho nitro benzene ring substituents is 2. The summed E-state index contributed by atoms with van der Waals surface area (Å²) in [7, 11) is 0. The fourth-order valence-corrected chi connectivity index (χ4v) is 3.41. The first-order valence-electron chi connectivity index (χ1n) is 11.0. The van der Waals surface area contributed by atoms with Crippen LogP contribution in [0.3, 0.4) is 0 Å². The number of carbonyl (C=O) groups excluding carboxylic acids is 1. The molecule has 0 unspecified atom stereocenters. The van der Waals surface area contributed by atoms with Gasteiger partial charge in [-0.15, -0.1) is 0 Å². The van der Waals surface area contributed by atoms with Crippen molar-refractivity contribution in [1.82, 2.24) is 9.97 Å². The number of amides is 1. The predicted octanol–water partition coefficient (Wildman–Crippen LogP) is 5.65. The smallest absolute Gasteiger partial charge is 0.277 e. The van der Waals surface area contributed by atoms with Crippen molar-refractivity contribution in [2.75, 3.05) is 16.0 Å². The van der Waals surface area contributed by atoms with Crippen molar-refractivity contribution in [3.05, 3.63) is 110 Å². The third kappa shape index (κ3) is 6.39. The highest BCUT2D eigenvalue weighted by molar-refractivity contribution is 6.05. The van der Waals surface area contributed by atoms with Gasteiger partial charge in [0.1, 0.15) is 17.5 Å². The van der Waals surface area contributed by atoms with Gasteiger partial charge in [-0.3, -0.25) is 25.0 Å². The minimum absolute atomic E-state index is 0.201. The molecule has 4 aromatic rings. The summed E-state index contributed by atoms with van der Waals surface area (Å²) >= 11 is 0. The molecule has 0 radical (unpaired) electrons. The number of nitro benzene ring substituents is 2. The lowest BCUT2D eigenvalue weighted by Crippen LogP contribution is -2.12. The Morgan fingerprint density at radius 1 is 0.703 bits per heavy atom. The summed E-state index contributed by atoms with van der Waals surface area (Å²) in [5.41, 5.74) is 1.83. The van der Waals surface area contributed by atoms with Crippen molar-refractivity contribution in [2.45, 2.75) is 13.8 Å². The zero-order valence-corrected chi connectivity index (χ0v) is 19.8. The minimum Gasteiger partial charge on any atom is -0.340 e. The van der Waals surface area contributed by atoms with E-state index in [0.29, 0.717) is 28.8 Å². The molecule has 0 aliphatic carbocycles. The number of anilines is 5. The second-order valence-electron chi connectivity index (χ2n) is 8.09. The van der Waals surface area contributed by atoms with E-state index in [9.17, 15) is 25.0 Å². The molecule has 0 saturated heterocycles. The summed E-state index contributed by atoms with van der Waals surface area (Å²) in [6.07, 6.45) is 0. The van der Waals surface area contributed by atoms with Crippen LogP contribution in [-0.2, 0) is 0 Å². The second kappa shape index (κ2) is 10.5. The van der Waals surface area contributed by atoms with Crippen LogP contribution in [0.2, 0.25) is 0 Å². The molecule has 3 aromatic carbocycles. The van der Waals surface area contributed by atoms with Gasteiger partial charge in [0, 0.05) is 35.3 Å². The van der Waals surface area contributed by atoms with Crippen molar-refractivity contribution in [2.24, 2.45) is 0 Å². The molecule has 0 spiro atoms. The molecule has 1 aromatic heterocycles. The molecule has 0 saturated carbocycles. The van der Waals surface area contributed by atoms with E-state index in [1.54, 1.807) is 37.3 Å². The van der Waals surface area contributed by atoms with Crippen LogP contribution in [0.1, 0.15) is 21.7 Å². The lowest BCUT2D eigenvalue weighted by Gasteiger charge is -2.11. The number of rotatable bonds is 8. The molecule has 12 nitrogen and oxygen atoms in total. The lowest BCUT2D eigenvalue weighted by molar-refractivity contribution is -0.394. The fourth-order valence-electron chi connectivity index (χ4n) is 3.41. The van der Waals surface area contributed by atoms with E-state index in [-0.39, 0.29) is 5.56 Å². The number of benzene rings is 3. The maximum absolute atomic E-state index is 12.6. The average molecular weight is 499 g/mol. The molecule has 186 valence electrons. The summed E-state index contributed by atoms with van der Waals surface area (Å²) in [5.74, 6) is 1.02. The number of carbonyl (C=O) groups is 1. The Bertz CT molecular complexity index is 1460. The van der Waals surface area contributed by atoms with Gasteiger partial charge in [0.2, 0.25) is 0 Å². The normalized spacial score (nSPS) is 10.4. The standard InChI is InChI=1S/C25H21N7O5/c1-15-3-5-18(6-4-15)28-23-14-24(27-16(2)26-23)29-19-7-9-20(10-8-19)30-25(33)17-11-21(31(34)35)13-22(12-17)32(36)37/h3-14H,1-2H3,(H,30,33)(H2,26,27,28,29). The lowest BCUT2D eigenvalue weighted by atomic mass is 10.1. The van der Waals surface area contributed by atoms with Crippen LogP contribution in [0.25, 0.3) is 0 Å². The first kappa shape index (κ1) is 24.7. The second-order valence-corrected chi connectivity index (χ2v) is 8.09. The van der Waals surface area contributed by atoms with Crippen LogP contribution in [0.5, 0.6) is 0 Å². The average Bonchev–Trinajstić information content (AvgIpc) is 2.86. The van der Waals surface area contributed by atoms with Gasteiger partial charge in [-0.1, -0.05) is 17.7 Å². The minimum atomic E-state index is -0.791. The van der Waals surface area contributed by atoms with Gasteiger partial charge in [0.05, 0.1) is 21.5 Å². The van der Waals surface area contributed by atoms with Crippen molar-refractivity contribution in [1.29, 1.82) is 0 Å². The van der Waals surface area contributed by atoms with Crippen LogP contribution in [0, 0.1) is 34.1 Å². The first-order valence-corrected chi connectivity index (χ1v) is 11.0. The van der Waals surface area contributed by atoms with Gasteiger partial charge in [0.25, 0.3) is 17.3 Å². The van der Waals surface area contributed by atoms with Gasteiger partial charge >= 0.3 is 0 Å². The topological polar surface area (TPSA) is 165 Å². The Kier molecular flexibility index (Phi) is 7.00. The Labute approximate surface area is 210 Å². The number of aromatic nitrogens is 2. The van der Waals surface area contributed by atoms with E-state index in [0.717, 1.165) is 29.4 Å². The third-order valence-corrected chi connectivity index (χ3v) is 5.16. The summed E-state index contributed by atoms with van der Waals surface area (Å²) in [4.78, 5) is 42.0. The number of hydrogen-bond acceptors (Lipinski definition) is 9. The summed E-state index contributed by atoms with van der Waals surface area (Å²) < 4.78 is 0. The van der Waals surface area contributed by atoms with E-state index in [1.807, 2.05) is 31.2 Å². The molecule has 1 amide bonds. The van der Waals surface area contributed by atoms with E-state index in [2.05, 4.69) is 25.9 Å². The summed E-state index contributed by atoms with van der Waals surface area (Å²) in [6.45, 7) is 3.79. The number of hydrogen-bond donors (Lipinski definition) is 3. The molecule has 12 heteroatoms. The zero-order chi connectivity index (χ0) is 26.5. The van der Waals surface area contributed by atoms with E-state index in [4.69, 9.17) is 0 Å². The quantitative estimate of drug-likeness (QED) is 0.205. The van der Waals surface area contributed by atoms with Crippen LogP contribution in [0.4, 0.5) is 40.1 Å². The Morgan fingerprint density at radius 2 is 1.16 bits per heavy atom. The van der Waals surface area contributed by atoms with Crippen LogP contribution in [0.15, 0.2) is 72.8 Å². The van der Waals surface area contributed by atoms with Crippen molar-refractivity contribution in [3.8, 4) is 0 Å². The third-order valence-electron chi connectivity index (χ3n) is 5.16. The number of aryl methyl sites for hydroxylation is 2. The Balaban J connectivity index is 1.46. The number of nitrogens with one attached hydrogen (secondary N) is 3. The molecule has 1 heterocycles. The van der Waals surface area contributed by atoms with Crippen molar-refractivity contribution in [3.63, 3.8) is 0 Å². The highest BCUT2D eigenvalue weighted by atomic mass is 16.6. The number of nitrogens with zero attached hydrogens (tertiary/aromatic N) is 4. The summed E-state index contributed by atoms with van der Waals surface area (Å²) in [6, 6.07) is 19.1. The van der Waals surface area contributed by atoms with Crippen LogP contribution >= 0.6 is 0 Å². The summed E-state index contributed by atoms with van der Waals surface area (Å²) in [5, 5.41) is 31.2. The molecule has 3 N–H and O–H groups in total. The van der Waals surface area contributed by atoms with Gasteiger partial charge in [0.15, 0.2) is 0 Å². The Morgan fingerprint density at radius 3 is 1.65 bits per heavy atom. The fraction of sp³-hybridized carbons (Fsp3) is 0.0800. The highest BCUT2D eigenvalue weighted by Gasteiger charge is 2.20. The van der Waals surface area contributed by atoms with E-state index >= 15 is 0 Å². The molecular formula is C25H21N7O5. The molecule has 0 bridgehead atoms. The Hall–Kier alpha value is -5.39. The monoisotopic (exact) mass is 499 g/mol. The highest BCUT2D eigenvalue weighted by Crippen LogP contribution is 2.25. The van der Waals surface area contributed by atoms with E-state index < -0.39 is 27.1 Å². The van der Waals surface area contributed by atoms with Crippen molar-refractivity contribution >= 4 is 46.0 Å². The largest absolute Gasteiger partial charge is 0.340 e. The zero-order valence-electron chi connectivity index (χ0n) is 19.8. The maximum Gasteiger partial charge on any atom is 0.277 e. The first-order chi connectivity index (χ1) is 17.7. The molecule has 0 aliphatic heterocycles. The molecule has 37 heavy (non-hydrogen) atoms. The van der Waals surface area contributed by atoms with Gasteiger partial charge in [-0.2, -0.15) is 0 Å². The molecule has 0 aliphatic rings. The van der Waals surface area contributed by atoms with Gasteiger partial charge in [-0.05, 0) is 50.2 Å². The van der Waals surface area contributed by atoms with E-state index in [1.165, 1.54) is 0 Å². The SMILES string of the molecule is Cc1ccc(Nc2cc(Nc3ccc(NC(=O)c4cc([N+](=O)[O-])cc([N+](=O)[O-])c4)cc3)nc(C)n2)cc1.